The molecule has 1 unspecified atom stereocenters. The fourth-order valence-electron chi connectivity index (χ4n) is 7.41. The molecule has 0 aliphatic heterocycles. The Bertz CT molecular complexity index is 1070. The molecule has 0 aromatic heterocycles. The van der Waals surface area contributed by atoms with Crippen LogP contribution in [0.25, 0.3) is 0 Å². The van der Waals surface area contributed by atoms with Gasteiger partial charge in [-0.1, -0.05) is 223 Å². The van der Waals surface area contributed by atoms with E-state index in [1.54, 1.807) is 0 Å². The number of hydrogen-bond acceptors (Lipinski definition) is 6. The Kier molecular flexibility index (Phi) is 47.9. The zero-order valence-corrected chi connectivity index (χ0v) is 40.4. The molecule has 0 saturated carbocycles. The maximum atomic E-state index is 12.8. The molecule has 354 valence electrons. The Hall–Kier alpha value is -2.63. The maximum absolute atomic E-state index is 12.8. The summed E-state index contributed by atoms with van der Waals surface area (Å²) in [5.74, 6) is -0.889. The van der Waals surface area contributed by atoms with Crippen molar-refractivity contribution in [2.45, 2.75) is 271 Å². The SMILES string of the molecule is CC/C=C\C/C=C\CCCCCCCC(=O)OC(COC(=O)CCCCCCCCCCCC/C=C\C=C/CCCCC)COC(=O)CCCCCCCCCCCCCC. The van der Waals surface area contributed by atoms with Crippen LogP contribution in [-0.2, 0) is 28.6 Å². The average Bonchev–Trinajstić information content (AvgIpc) is 3.26. The highest BCUT2D eigenvalue weighted by molar-refractivity contribution is 5.71. The lowest BCUT2D eigenvalue weighted by atomic mass is 10.0. The summed E-state index contributed by atoms with van der Waals surface area (Å²) in [6.45, 7) is 6.50. The molecule has 0 aromatic rings. The molecule has 0 saturated heterocycles. The third-order valence-electron chi connectivity index (χ3n) is 11.3. The minimum Gasteiger partial charge on any atom is -0.462 e. The van der Waals surface area contributed by atoms with Crippen molar-refractivity contribution in [2.24, 2.45) is 0 Å². The highest BCUT2D eigenvalue weighted by Crippen LogP contribution is 2.15. The number of rotatable bonds is 47. The Morgan fingerprint density at radius 1 is 0.361 bits per heavy atom. The molecule has 6 heteroatoms. The molecule has 0 aliphatic carbocycles. The Morgan fingerprint density at radius 3 is 1.11 bits per heavy atom. The molecule has 1 atom stereocenters. The van der Waals surface area contributed by atoms with Crippen LogP contribution in [0.15, 0.2) is 48.6 Å². The fraction of sp³-hybridized carbons (Fsp3) is 0.800. The van der Waals surface area contributed by atoms with Crippen LogP contribution in [0.3, 0.4) is 0 Å². The minimum absolute atomic E-state index is 0.0776. The van der Waals surface area contributed by atoms with E-state index >= 15 is 0 Å². The van der Waals surface area contributed by atoms with Gasteiger partial charge in [-0.2, -0.15) is 0 Å². The van der Waals surface area contributed by atoms with Crippen molar-refractivity contribution < 1.29 is 28.6 Å². The molecular formula is C55H98O6. The lowest BCUT2D eigenvalue weighted by Crippen LogP contribution is -2.30. The van der Waals surface area contributed by atoms with E-state index in [9.17, 15) is 14.4 Å². The summed E-state index contributed by atoms with van der Waals surface area (Å²) in [7, 11) is 0. The summed E-state index contributed by atoms with van der Waals surface area (Å²) in [6, 6.07) is 0. The highest BCUT2D eigenvalue weighted by Gasteiger charge is 2.19. The summed E-state index contributed by atoms with van der Waals surface area (Å²) in [5, 5.41) is 0. The van der Waals surface area contributed by atoms with Gasteiger partial charge in [-0.25, -0.2) is 0 Å². The summed E-state index contributed by atoms with van der Waals surface area (Å²) < 4.78 is 16.8. The number of carbonyl (C=O) groups excluding carboxylic acids is 3. The summed E-state index contributed by atoms with van der Waals surface area (Å²) in [5.41, 5.74) is 0. The van der Waals surface area contributed by atoms with Gasteiger partial charge in [-0.05, 0) is 70.6 Å². The molecule has 0 amide bonds. The third kappa shape index (κ3) is 48.3. The Balaban J connectivity index is 4.32. The second-order valence-corrected chi connectivity index (χ2v) is 17.4. The lowest BCUT2D eigenvalue weighted by Gasteiger charge is -2.18. The van der Waals surface area contributed by atoms with Gasteiger partial charge in [0.05, 0.1) is 0 Å². The molecule has 0 radical (unpaired) electrons. The van der Waals surface area contributed by atoms with Gasteiger partial charge in [-0.15, -0.1) is 0 Å². The van der Waals surface area contributed by atoms with Crippen molar-refractivity contribution in [3.63, 3.8) is 0 Å². The Labute approximate surface area is 378 Å². The molecule has 6 nitrogen and oxygen atoms in total. The van der Waals surface area contributed by atoms with Crippen LogP contribution in [0.5, 0.6) is 0 Å². The van der Waals surface area contributed by atoms with Crippen LogP contribution in [0, 0.1) is 0 Å². The standard InChI is InChI=1S/C55H98O6/c1-4-7-10-13-16-19-22-25-26-27-28-29-30-31-34-36-39-42-45-48-54(57)60-51-52(61-55(58)49-46-43-40-37-33-24-21-18-15-12-9-6-3)50-59-53(56)47-44-41-38-35-32-23-20-17-14-11-8-5-2/h9,12,16,18-19,21-22,25,52H,4-8,10-11,13-15,17,20,23-24,26-51H2,1-3H3/b12-9-,19-16-,21-18-,25-22-. The molecular weight excluding hydrogens is 757 g/mol. The van der Waals surface area contributed by atoms with Gasteiger partial charge >= 0.3 is 17.9 Å². The van der Waals surface area contributed by atoms with E-state index in [2.05, 4.69) is 69.4 Å². The van der Waals surface area contributed by atoms with Gasteiger partial charge in [-0.3, -0.25) is 14.4 Å². The number of esters is 3. The van der Waals surface area contributed by atoms with Crippen molar-refractivity contribution in [3.05, 3.63) is 48.6 Å². The van der Waals surface area contributed by atoms with Crippen molar-refractivity contribution in [1.29, 1.82) is 0 Å². The van der Waals surface area contributed by atoms with Gasteiger partial charge < -0.3 is 14.2 Å². The van der Waals surface area contributed by atoms with Gasteiger partial charge in [0, 0.05) is 19.3 Å². The second kappa shape index (κ2) is 50.0. The largest absolute Gasteiger partial charge is 0.462 e. The van der Waals surface area contributed by atoms with Crippen LogP contribution in [0.2, 0.25) is 0 Å². The van der Waals surface area contributed by atoms with E-state index < -0.39 is 6.10 Å². The van der Waals surface area contributed by atoms with E-state index in [1.807, 2.05) is 0 Å². The zero-order valence-electron chi connectivity index (χ0n) is 40.4. The first kappa shape index (κ1) is 58.4. The molecule has 0 aliphatic rings. The molecule has 0 spiro atoms. The topological polar surface area (TPSA) is 78.9 Å². The zero-order chi connectivity index (χ0) is 44.4. The van der Waals surface area contributed by atoms with Gasteiger partial charge in [0.25, 0.3) is 0 Å². The van der Waals surface area contributed by atoms with Gasteiger partial charge in [0.1, 0.15) is 13.2 Å². The molecule has 0 aromatic carbocycles. The molecule has 0 fully saturated rings. The molecule has 0 N–H and O–H groups in total. The minimum atomic E-state index is -0.778. The molecule has 0 rings (SSSR count). The van der Waals surface area contributed by atoms with Crippen molar-refractivity contribution >= 4 is 17.9 Å². The van der Waals surface area contributed by atoms with E-state index in [1.165, 1.54) is 135 Å². The Morgan fingerprint density at radius 2 is 0.689 bits per heavy atom. The molecule has 0 bridgehead atoms. The number of allylic oxidation sites excluding steroid dienone is 8. The van der Waals surface area contributed by atoms with Crippen molar-refractivity contribution in [3.8, 4) is 0 Å². The average molecular weight is 855 g/mol. The predicted molar refractivity (Wildman–Crippen MR) is 261 cm³/mol. The first-order valence-corrected chi connectivity index (χ1v) is 26.2. The summed E-state index contributed by atoms with van der Waals surface area (Å²) in [6.07, 6.45) is 59.5. The smallest absolute Gasteiger partial charge is 0.306 e. The number of carbonyl (C=O) groups is 3. The lowest BCUT2D eigenvalue weighted by molar-refractivity contribution is -0.167. The molecule has 0 heterocycles. The van der Waals surface area contributed by atoms with E-state index in [4.69, 9.17) is 14.2 Å². The van der Waals surface area contributed by atoms with E-state index in [0.717, 1.165) is 89.9 Å². The fourth-order valence-corrected chi connectivity index (χ4v) is 7.41. The van der Waals surface area contributed by atoms with E-state index in [0.29, 0.717) is 19.3 Å². The monoisotopic (exact) mass is 855 g/mol. The van der Waals surface area contributed by atoms with E-state index in [-0.39, 0.29) is 31.1 Å². The summed E-state index contributed by atoms with van der Waals surface area (Å²) >= 11 is 0. The number of ether oxygens (including phenoxy) is 3. The quantitative estimate of drug-likeness (QED) is 0.0199. The third-order valence-corrected chi connectivity index (χ3v) is 11.3. The van der Waals surface area contributed by atoms with Crippen LogP contribution < -0.4 is 0 Å². The van der Waals surface area contributed by atoms with Crippen LogP contribution >= 0.6 is 0 Å². The summed E-state index contributed by atoms with van der Waals surface area (Å²) in [4.78, 5) is 37.9. The number of unbranched alkanes of at least 4 members (excludes halogenated alkanes) is 29. The van der Waals surface area contributed by atoms with Crippen LogP contribution in [-0.4, -0.2) is 37.2 Å². The van der Waals surface area contributed by atoms with Crippen LogP contribution in [0.4, 0.5) is 0 Å². The highest BCUT2D eigenvalue weighted by atomic mass is 16.6. The van der Waals surface area contributed by atoms with Gasteiger partial charge in [0.2, 0.25) is 0 Å². The second-order valence-electron chi connectivity index (χ2n) is 17.4. The van der Waals surface area contributed by atoms with Gasteiger partial charge in [0.15, 0.2) is 6.10 Å². The first-order chi connectivity index (χ1) is 30.0. The first-order valence-electron chi connectivity index (χ1n) is 26.2. The maximum Gasteiger partial charge on any atom is 0.306 e. The van der Waals surface area contributed by atoms with Crippen LogP contribution in [0.1, 0.15) is 265 Å². The predicted octanol–water partition coefficient (Wildman–Crippen LogP) is 17.1. The molecule has 61 heavy (non-hydrogen) atoms. The van der Waals surface area contributed by atoms with Crippen molar-refractivity contribution in [1.82, 2.24) is 0 Å². The normalized spacial score (nSPS) is 12.4. The van der Waals surface area contributed by atoms with Crippen molar-refractivity contribution in [2.75, 3.05) is 13.2 Å². The number of hydrogen-bond donors (Lipinski definition) is 0.